The van der Waals surface area contributed by atoms with Gasteiger partial charge >= 0.3 is 5.97 Å². The lowest BCUT2D eigenvalue weighted by atomic mass is 9.65. The molecule has 0 saturated carbocycles. The van der Waals surface area contributed by atoms with Gasteiger partial charge in [0.1, 0.15) is 6.61 Å². The van der Waals surface area contributed by atoms with Crippen LogP contribution < -0.4 is 0 Å². The lowest BCUT2D eigenvalue weighted by molar-refractivity contribution is -0.155. The summed E-state index contributed by atoms with van der Waals surface area (Å²) >= 11 is 0. The molecule has 0 spiro atoms. The van der Waals surface area contributed by atoms with Crippen molar-refractivity contribution >= 4 is 5.97 Å². The maximum absolute atomic E-state index is 11.6. The highest BCUT2D eigenvalue weighted by atomic mass is 16.5. The number of rotatable bonds is 5. The second kappa shape index (κ2) is 5.43. The zero-order valence-electron chi connectivity index (χ0n) is 12.2. The van der Waals surface area contributed by atoms with Gasteiger partial charge in [0.05, 0.1) is 12.0 Å². The third-order valence-corrected chi connectivity index (χ3v) is 4.68. The van der Waals surface area contributed by atoms with E-state index >= 15 is 0 Å². The molecular formula is C15H26O3. The van der Waals surface area contributed by atoms with Crippen molar-refractivity contribution in [3.8, 4) is 0 Å². The number of esters is 1. The number of hydrogen-bond acceptors (Lipinski definition) is 3. The van der Waals surface area contributed by atoms with Crippen LogP contribution in [0, 0.1) is 16.7 Å². The lowest BCUT2D eigenvalue weighted by Gasteiger charge is -2.41. The van der Waals surface area contributed by atoms with E-state index in [9.17, 15) is 9.90 Å². The minimum atomic E-state index is -0.629. The fourth-order valence-electron chi connectivity index (χ4n) is 2.27. The molecule has 104 valence electrons. The van der Waals surface area contributed by atoms with Gasteiger partial charge in [0.15, 0.2) is 0 Å². The molecule has 1 aliphatic rings. The van der Waals surface area contributed by atoms with Crippen LogP contribution in [0.25, 0.3) is 0 Å². The first-order chi connectivity index (χ1) is 8.24. The molecule has 0 aromatic carbocycles. The first-order valence-electron chi connectivity index (χ1n) is 6.77. The second-order valence-electron chi connectivity index (χ2n) is 6.20. The van der Waals surface area contributed by atoms with Crippen LogP contribution in [0.4, 0.5) is 0 Å². The van der Waals surface area contributed by atoms with Gasteiger partial charge in [-0.15, -0.1) is 0 Å². The standard InChI is InChI=1S/C15H26O3/c1-6-11(2)13(17)18-10-12(16)15(5)9-7-8-14(15,3)4/h7-8,11-12,16H,6,9-10H2,1-5H3. The Bertz CT molecular complexity index is 333. The number of carbonyl (C=O) groups is 1. The summed E-state index contributed by atoms with van der Waals surface area (Å²) in [4.78, 5) is 11.6. The minimum absolute atomic E-state index is 0.0742. The third kappa shape index (κ3) is 2.77. The number of ether oxygens (including phenoxy) is 1. The third-order valence-electron chi connectivity index (χ3n) is 4.68. The first-order valence-corrected chi connectivity index (χ1v) is 6.77. The molecule has 0 fully saturated rings. The van der Waals surface area contributed by atoms with Gasteiger partial charge in [0, 0.05) is 5.41 Å². The maximum atomic E-state index is 11.6. The van der Waals surface area contributed by atoms with E-state index in [1.54, 1.807) is 0 Å². The van der Waals surface area contributed by atoms with E-state index in [2.05, 4.69) is 32.9 Å². The van der Waals surface area contributed by atoms with Gasteiger partial charge in [-0.2, -0.15) is 0 Å². The predicted molar refractivity (Wildman–Crippen MR) is 72.1 cm³/mol. The molecule has 1 N–H and O–H groups in total. The van der Waals surface area contributed by atoms with Gasteiger partial charge in [-0.1, -0.05) is 46.8 Å². The van der Waals surface area contributed by atoms with E-state index in [1.807, 2.05) is 13.8 Å². The predicted octanol–water partition coefficient (Wildman–Crippen LogP) is 2.93. The maximum Gasteiger partial charge on any atom is 0.308 e. The Morgan fingerprint density at radius 2 is 2.06 bits per heavy atom. The van der Waals surface area contributed by atoms with E-state index in [0.717, 1.165) is 12.8 Å². The number of hydrogen-bond donors (Lipinski definition) is 1. The van der Waals surface area contributed by atoms with Crippen LogP contribution in [0.1, 0.15) is 47.5 Å². The van der Waals surface area contributed by atoms with Crippen molar-refractivity contribution in [2.24, 2.45) is 16.7 Å². The molecule has 3 nitrogen and oxygen atoms in total. The smallest absolute Gasteiger partial charge is 0.308 e. The van der Waals surface area contributed by atoms with E-state index in [0.29, 0.717) is 0 Å². The second-order valence-corrected chi connectivity index (χ2v) is 6.20. The SMILES string of the molecule is CCC(C)C(=O)OCC(O)C1(C)CC=CC1(C)C. The van der Waals surface area contributed by atoms with Crippen LogP contribution in [-0.2, 0) is 9.53 Å². The normalized spacial score (nSPS) is 29.0. The zero-order valence-corrected chi connectivity index (χ0v) is 12.2. The van der Waals surface area contributed by atoms with Crippen molar-refractivity contribution in [3.63, 3.8) is 0 Å². The Hall–Kier alpha value is -0.830. The summed E-state index contributed by atoms with van der Waals surface area (Å²) in [5.74, 6) is -0.316. The molecule has 1 rings (SSSR count). The monoisotopic (exact) mass is 254 g/mol. The molecule has 0 radical (unpaired) electrons. The molecule has 3 atom stereocenters. The van der Waals surface area contributed by atoms with E-state index in [-0.39, 0.29) is 29.3 Å². The van der Waals surface area contributed by atoms with E-state index < -0.39 is 6.10 Å². The van der Waals surface area contributed by atoms with Crippen LogP contribution >= 0.6 is 0 Å². The van der Waals surface area contributed by atoms with Gasteiger partial charge in [-0.05, 0) is 18.3 Å². The first kappa shape index (κ1) is 15.2. The van der Waals surface area contributed by atoms with Crippen LogP contribution in [0.5, 0.6) is 0 Å². The van der Waals surface area contributed by atoms with Crippen LogP contribution in [0.15, 0.2) is 12.2 Å². The van der Waals surface area contributed by atoms with E-state index in [4.69, 9.17) is 4.74 Å². The average Bonchev–Trinajstić information content (AvgIpc) is 2.60. The summed E-state index contributed by atoms with van der Waals surface area (Å²) in [6.07, 6.45) is 5.18. The molecular weight excluding hydrogens is 228 g/mol. The number of allylic oxidation sites excluding steroid dienone is 2. The Morgan fingerprint density at radius 1 is 1.44 bits per heavy atom. The van der Waals surface area contributed by atoms with Crippen molar-refractivity contribution in [1.29, 1.82) is 0 Å². The summed E-state index contributed by atoms with van der Waals surface area (Å²) in [5, 5.41) is 10.3. The van der Waals surface area contributed by atoms with Crippen molar-refractivity contribution in [2.75, 3.05) is 6.61 Å². The molecule has 0 aromatic heterocycles. The molecule has 1 aliphatic carbocycles. The number of aliphatic hydroxyl groups is 1. The molecule has 0 heterocycles. The summed E-state index contributed by atoms with van der Waals surface area (Å²) < 4.78 is 5.21. The summed E-state index contributed by atoms with van der Waals surface area (Å²) in [5.41, 5.74) is -0.335. The number of carbonyl (C=O) groups excluding carboxylic acids is 1. The highest BCUT2D eigenvalue weighted by molar-refractivity contribution is 5.71. The average molecular weight is 254 g/mol. The lowest BCUT2D eigenvalue weighted by Crippen LogP contribution is -2.44. The largest absolute Gasteiger partial charge is 0.463 e. The van der Waals surface area contributed by atoms with Crippen LogP contribution in [0.2, 0.25) is 0 Å². The quantitative estimate of drug-likeness (QED) is 0.606. The molecule has 0 amide bonds. The molecule has 3 heteroatoms. The minimum Gasteiger partial charge on any atom is -0.463 e. The van der Waals surface area contributed by atoms with Crippen molar-refractivity contribution in [3.05, 3.63) is 12.2 Å². The molecule has 18 heavy (non-hydrogen) atoms. The number of aliphatic hydroxyl groups excluding tert-OH is 1. The van der Waals surface area contributed by atoms with Gasteiger partial charge < -0.3 is 9.84 Å². The fraction of sp³-hybridized carbons (Fsp3) is 0.800. The summed E-state index contributed by atoms with van der Waals surface area (Å²) in [6, 6.07) is 0. The molecule has 3 unspecified atom stereocenters. The van der Waals surface area contributed by atoms with Gasteiger partial charge in [0.25, 0.3) is 0 Å². The van der Waals surface area contributed by atoms with Crippen molar-refractivity contribution < 1.29 is 14.6 Å². The van der Waals surface area contributed by atoms with Gasteiger partial charge in [-0.25, -0.2) is 0 Å². The Balaban J connectivity index is 2.56. The zero-order chi connectivity index (χ0) is 14.0. The Labute approximate surface area is 110 Å². The topological polar surface area (TPSA) is 46.5 Å². The fourth-order valence-corrected chi connectivity index (χ4v) is 2.27. The van der Waals surface area contributed by atoms with Crippen molar-refractivity contribution in [1.82, 2.24) is 0 Å². The van der Waals surface area contributed by atoms with E-state index in [1.165, 1.54) is 0 Å². The highest BCUT2D eigenvalue weighted by Gasteiger charge is 2.47. The van der Waals surface area contributed by atoms with Crippen LogP contribution in [0.3, 0.4) is 0 Å². The summed E-state index contributed by atoms with van der Waals surface area (Å²) in [6.45, 7) is 10.1. The molecule has 0 aliphatic heterocycles. The van der Waals surface area contributed by atoms with Crippen LogP contribution in [-0.4, -0.2) is 23.8 Å². The van der Waals surface area contributed by atoms with Crippen molar-refractivity contribution in [2.45, 2.75) is 53.6 Å². The van der Waals surface area contributed by atoms with Gasteiger partial charge in [-0.3, -0.25) is 4.79 Å². The summed E-state index contributed by atoms with van der Waals surface area (Å²) in [7, 11) is 0. The molecule has 0 saturated heterocycles. The Kier molecular flexibility index (Phi) is 4.60. The molecule has 0 bridgehead atoms. The Morgan fingerprint density at radius 3 is 2.50 bits per heavy atom. The van der Waals surface area contributed by atoms with Gasteiger partial charge in [0.2, 0.25) is 0 Å². The molecule has 0 aromatic rings. The highest BCUT2D eigenvalue weighted by Crippen LogP contribution is 2.50.